The Hall–Kier alpha value is -3.93. The zero-order valence-electron chi connectivity index (χ0n) is 38.7. The molecule has 0 aliphatic heterocycles. The molecule has 8 nitrogen and oxygen atoms in total. The molecule has 0 radical (unpaired) electrons. The molecule has 9 rings (SSSR count). The Morgan fingerprint density at radius 2 is 1.09 bits per heavy atom. The number of carbonyl (C=O) groups excluding carboxylic acids is 2. The van der Waals surface area contributed by atoms with Crippen LogP contribution in [0, 0.1) is 47.0 Å². The van der Waals surface area contributed by atoms with Crippen LogP contribution >= 0.6 is 0 Å². The number of fused-ring (bicyclic) bond motifs is 12. The quantitative estimate of drug-likeness (QED) is 0.0942. The van der Waals surface area contributed by atoms with Gasteiger partial charge in [-0.05, 0) is 165 Å². The number of unbranched alkanes of at least 4 members (excludes halogenated alkanes) is 1. The van der Waals surface area contributed by atoms with Gasteiger partial charge >= 0.3 is 11.9 Å². The fourth-order valence-electron chi connectivity index (χ4n) is 14.5. The van der Waals surface area contributed by atoms with Crippen molar-refractivity contribution in [2.75, 3.05) is 0 Å². The van der Waals surface area contributed by atoms with E-state index < -0.39 is 17.4 Å². The molecule has 6 aliphatic carbocycles. The third-order valence-electron chi connectivity index (χ3n) is 18.3. The lowest BCUT2D eigenvalue weighted by Crippen LogP contribution is -2.54. The van der Waals surface area contributed by atoms with Crippen LogP contribution in [0.2, 0.25) is 0 Å². The van der Waals surface area contributed by atoms with Gasteiger partial charge in [0.05, 0.1) is 0 Å². The summed E-state index contributed by atoms with van der Waals surface area (Å²) in [4.78, 5) is 26.0. The lowest BCUT2D eigenvalue weighted by molar-refractivity contribution is -0.136. The van der Waals surface area contributed by atoms with E-state index >= 15 is 13.2 Å². The molecule has 7 N–H and O–H groups in total. The van der Waals surface area contributed by atoms with Gasteiger partial charge in [-0.15, -0.1) is 0 Å². The first-order valence-corrected chi connectivity index (χ1v) is 24.9. The summed E-state index contributed by atoms with van der Waals surface area (Å²) in [6.45, 7) is 6.39. The number of hydrogen-bond acceptors (Lipinski definition) is 8. The van der Waals surface area contributed by atoms with E-state index in [2.05, 4.69) is 20.8 Å². The van der Waals surface area contributed by atoms with Crippen LogP contribution in [0.4, 0.5) is 13.2 Å². The second-order valence-electron chi connectivity index (χ2n) is 21.8. The Morgan fingerprint density at radius 1 is 0.600 bits per heavy atom. The molecule has 3 saturated carbocycles. The summed E-state index contributed by atoms with van der Waals surface area (Å²) in [5, 5.41) is 10.4. The molecule has 3 aromatic rings. The summed E-state index contributed by atoms with van der Waals surface area (Å²) in [5.74, 6) is -0.592. The summed E-state index contributed by atoms with van der Waals surface area (Å²) in [5.41, 5.74) is 24.5. The molecule has 0 aromatic heterocycles. The first-order valence-electron chi connectivity index (χ1n) is 24.9. The highest BCUT2D eigenvalue weighted by Gasteiger charge is 2.52. The molecule has 3 aromatic carbocycles. The number of phenols is 1. The van der Waals surface area contributed by atoms with E-state index in [0.717, 1.165) is 100 Å². The molecule has 0 saturated heterocycles. The van der Waals surface area contributed by atoms with Gasteiger partial charge in [-0.2, -0.15) is 0 Å². The van der Waals surface area contributed by atoms with Gasteiger partial charge in [-0.25, -0.2) is 13.2 Å². The molecule has 6 bridgehead atoms. The second kappa shape index (κ2) is 17.9. The van der Waals surface area contributed by atoms with Crippen molar-refractivity contribution in [3.63, 3.8) is 0 Å². The summed E-state index contributed by atoms with van der Waals surface area (Å²) in [7, 11) is 0. The van der Waals surface area contributed by atoms with E-state index in [-0.39, 0.29) is 94.3 Å². The van der Waals surface area contributed by atoms with Crippen LogP contribution in [0.15, 0.2) is 36.4 Å². The zero-order chi connectivity index (χ0) is 46.0. The molecule has 0 heterocycles. The molecule has 2 unspecified atom stereocenters. The average molecular weight is 898 g/mol. The Balaban J connectivity index is 0.810. The molecule has 0 amide bonds. The molecule has 3 fully saturated rings. The molecular formula is C54H70F3N3O5. The average Bonchev–Trinajstić information content (AvgIpc) is 3.34. The van der Waals surface area contributed by atoms with Gasteiger partial charge in [0, 0.05) is 65.4 Å². The summed E-state index contributed by atoms with van der Waals surface area (Å²) < 4.78 is 58.5. The van der Waals surface area contributed by atoms with Crippen LogP contribution in [0.3, 0.4) is 0 Å². The maximum atomic E-state index is 16.2. The SMILES string of the molecule is CC[C@]12CCC(C3CCC[C@]4(C)c5cc(OC(=O)CCCCC(=O)Oc6cc(F)c7c(c6)[C@@]6(C)CCCCC[C@@H](C7)[C@@H]6N)cc(F)c5C[C@H](C3)[C@@H]4N)C[C@H](Cc3c(F)cc(O)cc31)[C@H]2N. The van der Waals surface area contributed by atoms with Crippen molar-refractivity contribution in [1.82, 2.24) is 0 Å². The van der Waals surface area contributed by atoms with Gasteiger partial charge < -0.3 is 31.8 Å². The van der Waals surface area contributed by atoms with Crippen molar-refractivity contribution < 1.29 is 37.3 Å². The van der Waals surface area contributed by atoms with E-state index in [1.165, 1.54) is 18.2 Å². The summed E-state index contributed by atoms with van der Waals surface area (Å²) in [6, 6.07) is 8.82. The Morgan fingerprint density at radius 3 is 1.69 bits per heavy atom. The maximum absolute atomic E-state index is 16.2. The van der Waals surface area contributed by atoms with Crippen molar-refractivity contribution in [3.8, 4) is 17.2 Å². The zero-order valence-corrected chi connectivity index (χ0v) is 38.7. The number of phenolic OH excluding ortho intramolecular Hbond substituents is 1. The standard InChI is InChI=1S/C54H70F3N3O5/c1-4-54-18-15-31(20-34(51(54)60)23-40-43(54)24-35(61)25-44(40)55)30-12-10-17-53(3)42-27-37(29-46(57)39(42)22-33(19-30)50(53)59)65-48(63)14-8-7-13-47(62)64-36-26-41-38(45(56)28-36)21-32-11-6-5-9-16-52(41,2)49(32)58/h24-34,49-51,61H,4-23,58-60H2,1-3H3/t30?,31?,32-,33-,34+,49-,50-,51+,52+,53+,54-/m0/s1. The number of esters is 2. The first kappa shape index (κ1) is 46.2. The fourth-order valence-corrected chi connectivity index (χ4v) is 14.5. The Bertz CT molecular complexity index is 2320. The van der Waals surface area contributed by atoms with Crippen molar-refractivity contribution in [3.05, 3.63) is 87.2 Å². The van der Waals surface area contributed by atoms with Crippen LogP contribution in [-0.4, -0.2) is 35.2 Å². The number of carbonyl (C=O) groups is 2. The number of hydrogen-bond donors (Lipinski definition) is 4. The second-order valence-corrected chi connectivity index (χ2v) is 21.8. The smallest absolute Gasteiger partial charge is 0.311 e. The topological polar surface area (TPSA) is 151 Å². The fraction of sp³-hybridized carbons (Fsp3) is 0.630. The minimum Gasteiger partial charge on any atom is -0.508 e. The number of ether oxygens (including phenoxy) is 2. The highest BCUT2D eigenvalue weighted by atomic mass is 19.1. The number of halogens is 3. The van der Waals surface area contributed by atoms with Crippen molar-refractivity contribution in [1.29, 1.82) is 0 Å². The third-order valence-corrected chi connectivity index (χ3v) is 18.3. The normalized spacial score (nSPS) is 34.0. The lowest BCUT2D eigenvalue weighted by atomic mass is 9.57. The van der Waals surface area contributed by atoms with Crippen LogP contribution in [0.25, 0.3) is 0 Å². The van der Waals surface area contributed by atoms with Crippen molar-refractivity contribution in [2.24, 2.45) is 46.8 Å². The largest absolute Gasteiger partial charge is 0.508 e. The van der Waals surface area contributed by atoms with Gasteiger partial charge in [-0.1, -0.05) is 52.9 Å². The van der Waals surface area contributed by atoms with Crippen molar-refractivity contribution >= 4 is 11.9 Å². The lowest BCUT2D eigenvalue weighted by Gasteiger charge is -2.49. The first-order chi connectivity index (χ1) is 31.0. The van der Waals surface area contributed by atoms with E-state index in [1.807, 2.05) is 12.1 Å². The van der Waals surface area contributed by atoms with Crippen molar-refractivity contribution in [2.45, 2.75) is 184 Å². The number of rotatable bonds is 9. The minimum atomic E-state index is -0.514. The number of benzene rings is 3. The Labute approximate surface area is 383 Å². The van der Waals surface area contributed by atoms with E-state index in [4.69, 9.17) is 26.7 Å². The van der Waals surface area contributed by atoms with E-state index in [0.29, 0.717) is 60.6 Å². The molecule has 11 heteroatoms. The molecule has 11 atom stereocenters. The summed E-state index contributed by atoms with van der Waals surface area (Å²) in [6.07, 6.45) is 14.7. The number of aromatic hydroxyl groups is 1. The maximum Gasteiger partial charge on any atom is 0.311 e. The molecule has 6 aliphatic rings. The van der Waals surface area contributed by atoms with E-state index in [1.54, 1.807) is 6.07 Å². The van der Waals surface area contributed by atoms with Gasteiger partial charge in [0.2, 0.25) is 0 Å². The molecule has 0 spiro atoms. The molecular weight excluding hydrogens is 828 g/mol. The predicted octanol–water partition coefficient (Wildman–Crippen LogP) is 10.2. The van der Waals surface area contributed by atoms with Crippen LogP contribution < -0.4 is 26.7 Å². The third kappa shape index (κ3) is 8.32. The minimum absolute atomic E-state index is 0.0346. The highest BCUT2D eigenvalue weighted by Crippen LogP contribution is 2.55. The molecule has 65 heavy (non-hydrogen) atoms. The predicted molar refractivity (Wildman–Crippen MR) is 245 cm³/mol. The van der Waals surface area contributed by atoms with Crippen LogP contribution in [0.5, 0.6) is 17.2 Å². The van der Waals surface area contributed by atoms with Gasteiger partial charge in [-0.3, -0.25) is 9.59 Å². The van der Waals surface area contributed by atoms with Crippen LogP contribution in [0.1, 0.15) is 163 Å². The molecule has 352 valence electrons. The van der Waals surface area contributed by atoms with E-state index in [9.17, 15) is 14.7 Å². The van der Waals surface area contributed by atoms with Crippen LogP contribution in [-0.2, 0) is 45.1 Å². The number of nitrogens with two attached hydrogens (primary N) is 3. The van der Waals surface area contributed by atoms with Gasteiger partial charge in [0.15, 0.2) is 0 Å². The highest BCUT2D eigenvalue weighted by molar-refractivity contribution is 5.74. The summed E-state index contributed by atoms with van der Waals surface area (Å²) >= 11 is 0. The van der Waals surface area contributed by atoms with Gasteiger partial charge in [0.1, 0.15) is 34.7 Å². The Kier molecular flexibility index (Phi) is 12.8. The van der Waals surface area contributed by atoms with Gasteiger partial charge in [0.25, 0.3) is 0 Å². The monoisotopic (exact) mass is 898 g/mol.